The normalized spacial score (nSPS) is 11.8. The molecule has 0 amide bonds. The third-order valence-corrected chi connectivity index (χ3v) is 0.961. The van der Waals surface area contributed by atoms with Gasteiger partial charge in [-0.05, 0) is 0 Å². The number of hydrogen-bond acceptors (Lipinski definition) is 5. The number of hydrogen-bond donors (Lipinski definition) is 2. The van der Waals surface area contributed by atoms with E-state index in [-0.39, 0.29) is 0 Å². The molecule has 0 saturated heterocycles. The first-order valence-corrected chi connectivity index (χ1v) is 3.13. The number of ether oxygens (including phenoxy) is 1. The van der Waals surface area contributed by atoms with Crippen LogP contribution in [0.4, 0.5) is 0 Å². The molecule has 0 rings (SSSR count). The number of aliphatic carboxylic acids is 1. The maximum absolute atomic E-state index is 10.6. The maximum atomic E-state index is 10.6. The van der Waals surface area contributed by atoms with Gasteiger partial charge in [-0.2, -0.15) is 0 Å². The summed E-state index contributed by atoms with van der Waals surface area (Å²) < 4.78 is 4.05. The number of carboxylic acids is 1. The standard InChI is InChI=1S/C6H9NO5/c1-3(8)12-5(9)2-4(7)6(10)11/h4H,2,7H2,1H3,(H,10,11)/t4-/m0/s1. The van der Waals surface area contributed by atoms with E-state index in [0.717, 1.165) is 6.92 Å². The second-order valence-electron chi connectivity index (χ2n) is 2.11. The molecule has 68 valence electrons. The predicted molar refractivity (Wildman–Crippen MR) is 37.0 cm³/mol. The molecule has 0 aliphatic heterocycles. The van der Waals surface area contributed by atoms with Gasteiger partial charge in [0.1, 0.15) is 6.04 Å². The van der Waals surface area contributed by atoms with Gasteiger partial charge in [0, 0.05) is 6.92 Å². The fourth-order valence-electron chi connectivity index (χ4n) is 0.469. The van der Waals surface area contributed by atoms with Gasteiger partial charge in [0.2, 0.25) is 0 Å². The Bertz CT molecular complexity index is 212. The van der Waals surface area contributed by atoms with Crippen molar-refractivity contribution in [3.63, 3.8) is 0 Å². The largest absolute Gasteiger partial charge is 0.480 e. The Morgan fingerprint density at radius 2 is 2.00 bits per heavy atom. The molecule has 6 nitrogen and oxygen atoms in total. The molecule has 0 aromatic heterocycles. The Hall–Kier alpha value is -1.43. The topological polar surface area (TPSA) is 107 Å². The molecule has 0 bridgehead atoms. The molecular weight excluding hydrogens is 166 g/mol. The van der Waals surface area contributed by atoms with Crippen molar-refractivity contribution in [1.29, 1.82) is 0 Å². The highest BCUT2D eigenvalue weighted by Gasteiger charge is 2.18. The Kier molecular flexibility index (Phi) is 3.92. The van der Waals surface area contributed by atoms with Crippen LogP contribution in [-0.4, -0.2) is 29.1 Å². The Balaban J connectivity index is 3.85. The molecule has 0 spiro atoms. The van der Waals surface area contributed by atoms with Crippen LogP contribution in [-0.2, 0) is 19.1 Å². The van der Waals surface area contributed by atoms with Crippen molar-refractivity contribution in [3.8, 4) is 0 Å². The predicted octanol–water partition coefficient (Wildman–Crippen LogP) is -1.12. The molecule has 0 unspecified atom stereocenters. The molecule has 6 heteroatoms. The molecule has 12 heavy (non-hydrogen) atoms. The summed E-state index contributed by atoms with van der Waals surface area (Å²) in [6.45, 7) is 1.05. The zero-order valence-electron chi connectivity index (χ0n) is 6.44. The summed E-state index contributed by atoms with van der Waals surface area (Å²) in [7, 11) is 0. The van der Waals surface area contributed by atoms with Crippen LogP contribution in [0, 0.1) is 0 Å². The Morgan fingerprint density at radius 1 is 1.50 bits per heavy atom. The van der Waals surface area contributed by atoms with Crippen LogP contribution in [0.1, 0.15) is 13.3 Å². The zero-order chi connectivity index (χ0) is 9.72. The van der Waals surface area contributed by atoms with Gasteiger partial charge in [-0.15, -0.1) is 0 Å². The molecule has 3 N–H and O–H groups in total. The van der Waals surface area contributed by atoms with Crippen molar-refractivity contribution in [2.75, 3.05) is 0 Å². The summed E-state index contributed by atoms with van der Waals surface area (Å²) in [5.41, 5.74) is 4.98. The van der Waals surface area contributed by atoms with Crippen molar-refractivity contribution in [1.82, 2.24) is 0 Å². The second-order valence-corrected chi connectivity index (χ2v) is 2.11. The van der Waals surface area contributed by atoms with E-state index >= 15 is 0 Å². The summed E-state index contributed by atoms with van der Waals surface area (Å²) in [5.74, 6) is -3.02. The molecule has 0 radical (unpaired) electrons. The van der Waals surface area contributed by atoms with E-state index in [1.165, 1.54) is 0 Å². The molecular formula is C6H9NO5. The summed E-state index contributed by atoms with van der Waals surface area (Å²) in [4.78, 5) is 30.9. The fraction of sp³-hybridized carbons (Fsp3) is 0.500. The quantitative estimate of drug-likeness (QED) is 0.415. The Labute approximate surface area is 68.3 Å². The van der Waals surface area contributed by atoms with E-state index in [0.29, 0.717) is 0 Å². The first-order valence-electron chi connectivity index (χ1n) is 3.13. The van der Waals surface area contributed by atoms with E-state index in [2.05, 4.69) is 4.74 Å². The van der Waals surface area contributed by atoms with Crippen molar-refractivity contribution in [2.45, 2.75) is 19.4 Å². The van der Waals surface area contributed by atoms with Gasteiger partial charge in [-0.3, -0.25) is 14.4 Å². The summed E-state index contributed by atoms with van der Waals surface area (Å²) in [6, 6.07) is -1.32. The highest BCUT2D eigenvalue weighted by atomic mass is 16.6. The molecule has 0 aliphatic carbocycles. The van der Waals surface area contributed by atoms with Crippen LogP contribution >= 0.6 is 0 Å². The molecule has 0 saturated carbocycles. The summed E-state index contributed by atoms with van der Waals surface area (Å²) >= 11 is 0. The van der Waals surface area contributed by atoms with Crippen molar-refractivity contribution < 1.29 is 24.2 Å². The lowest BCUT2D eigenvalue weighted by Gasteiger charge is -2.03. The lowest BCUT2D eigenvalue weighted by Crippen LogP contribution is -2.33. The minimum absolute atomic E-state index is 0.505. The molecule has 0 aliphatic rings. The Morgan fingerprint density at radius 3 is 2.33 bits per heavy atom. The second kappa shape index (κ2) is 4.45. The minimum atomic E-state index is -1.32. The van der Waals surface area contributed by atoms with E-state index in [1.807, 2.05) is 0 Å². The number of carbonyl (C=O) groups excluding carboxylic acids is 2. The van der Waals surface area contributed by atoms with Gasteiger partial charge in [0.05, 0.1) is 6.42 Å². The maximum Gasteiger partial charge on any atom is 0.321 e. The summed E-state index contributed by atoms with van der Waals surface area (Å²) in [5, 5.41) is 8.25. The van der Waals surface area contributed by atoms with Gasteiger partial charge in [0.25, 0.3) is 0 Å². The zero-order valence-corrected chi connectivity index (χ0v) is 6.44. The van der Waals surface area contributed by atoms with Crippen LogP contribution in [0.5, 0.6) is 0 Å². The van der Waals surface area contributed by atoms with Crippen LogP contribution < -0.4 is 5.73 Å². The van der Waals surface area contributed by atoms with Crippen molar-refractivity contribution in [2.24, 2.45) is 5.73 Å². The first kappa shape index (κ1) is 10.6. The molecule has 1 atom stereocenters. The average Bonchev–Trinajstić information content (AvgIpc) is 1.84. The van der Waals surface area contributed by atoms with E-state index in [9.17, 15) is 14.4 Å². The third kappa shape index (κ3) is 4.40. The van der Waals surface area contributed by atoms with E-state index in [1.54, 1.807) is 0 Å². The highest BCUT2D eigenvalue weighted by Crippen LogP contribution is 1.92. The summed E-state index contributed by atoms with van der Waals surface area (Å²) in [6.07, 6.45) is -0.505. The SMILES string of the molecule is CC(=O)OC(=O)C[C@H](N)C(=O)O. The fourth-order valence-corrected chi connectivity index (χ4v) is 0.469. The van der Waals surface area contributed by atoms with Crippen LogP contribution in [0.25, 0.3) is 0 Å². The van der Waals surface area contributed by atoms with Gasteiger partial charge >= 0.3 is 17.9 Å². The average molecular weight is 175 g/mol. The minimum Gasteiger partial charge on any atom is -0.480 e. The molecule has 0 fully saturated rings. The van der Waals surface area contributed by atoms with Crippen LogP contribution in [0.3, 0.4) is 0 Å². The van der Waals surface area contributed by atoms with E-state index < -0.39 is 30.4 Å². The number of nitrogens with two attached hydrogens (primary N) is 1. The van der Waals surface area contributed by atoms with E-state index in [4.69, 9.17) is 10.8 Å². The number of rotatable bonds is 3. The lowest BCUT2D eigenvalue weighted by atomic mass is 10.2. The van der Waals surface area contributed by atoms with Gasteiger partial charge < -0.3 is 15.6 Å². The van der Waals surface area contributed by atoms with Crippen molar-refractivity contribution >= 4 is 17.9 Å². The third-order valence-electron chi connectivity index (χ3n) is 0.961. The highest BCUT2D eigenvalue weighted by molar-refractivity contribution is 5.87. The van der Waals surface area contributed by atoms with Gasteiger partial charge in [-0.25, -0.2) is 0 Å². The van der Waals surface area contributed by atoms with Crippen molar-refractivity contribution in [3.05, 3.63) is 0 Å². The van der Waals surface area contributed by atoms with Crippen LogP contribution in [0.15, 0.2) is 0 Å². The number of esters is 2. The van der Waals surface area contributed by atoms with Gasteiger partial charge in [0.15, 0.2) is 0 Å². The monoisotopic (exact) mass is 175 g/mol. The van der Waals surface area contributed by atoms with Crippen LogP contribution in [0.2, 0.25) is 0 Å². The first-order chi connectivity index (χ1) is 5.43. The lowest BCUT2D eigenvalue weighted by molar-refractivity contribution is -0.159. The van der Waals surface area contributed by atoms with Gasteiger partial charge in [-0.1, -0.05) is 0 Å². The molecule has 0 heterocycles. The number of carboxylic acid groups (broad SMARTS) is 1. The molecule has 0 aromatic rings. The number of carbonyl (C=O) groups is 3. The smallest absolute Gasteiger partial charge is 0.321 e. The molecule has 0 aromatic carbocycles.